The van der Waals surface area contributed by atoms with Crippen LogP contribution < -0.4 is 10.2 Å². The minimum absolute atomic E-state index is 0.118. The third-order valence-electron chi connectivity index (χ3n) is 4.47. The molecule has 2 heterocycles. The van der Waals surface area contributed by atoms with Crippen molar-refractivity contribution in [2.45, 2.75) is 26.7 Å². The van der Waals surface area contributed by atoms with Gasteiger partial charge in [-0.3, -0.25) is 9.69 Å². The zero-order valence-corrected chi connectivity index (χ0v) is 16.0. The number of rotatable bonds is 6. The average molecular weight is 362 g/mol. The Kier molecular flexibility index (Phi) is 6.45. The van der Waals surface area contributed by atoms with E-state index in [0.717, 1.165) is 44.0 Å². The monoisotopic (exact) mass is 362 g/mol. The van der Waals surface area contributed by atoms with E-state index in [1.807, 2.05) is 41.3 Å². The number of nitrogens with one attached hydrogen (secondary N) is 1. The first-order chi connectivity index (χ1) is 13.2. The number of amides is 1. The summed E-state index contributed by atoms with van der Waals surface area (Å²) in [6.45, 7) is 7.77. The van der Waals surface area contributed by atoms with Crippen LogP contribution in [-0.4, -0.2) is 42.0 Å². The zero-order chi connectivity index (χ0) is 19.1. The molecule has 1 aromatic carbocycles. The van der Waals surface area contributed by atoms with Gasteiger partial charge in [-0.1, -0.05) is 37.8 Å². The molecule has 140 valence electrons. The van der Waals surface area contributed by atoms with Crippen molar-refractivity contribution >= 4 is 23.1 Å². The van der Waals surface area contributed by atoms with Crippen LogP contribution in [-0.2, 0) is 0 Å². The Labute approximate surface area is 161 Å². The van der Waals surface area contributed by atoms with Crippen molar-refractivity contribution in [3.05, 3.63) is 48.2 Å². The minimum Gasteiger partial charge on any atom is -0.319 e. The van der Waals surface area contributed by atoms with Crippen molar-refractivity contribution < 1.29 is 4.79 Å². The molecule has 0 saturated carbocycles. The number of benzene rings is 1. The van der Waals surface area contributed by atoms with Gasteiger partial charge in [-0.2, -0.15) is 0 Å². The Bertz CT molecular complexity index is 847. The zero-order valence-electron chi connectivity index (χ0n) is 16.0. The number of carbonyl (C=O) groups is 1. The second kappa shape index (κ2) is 9.20. The summed E-state index contributed by atoms with van der Waals surface area (Å²) in [6, 6.07) is 11.3. The van der Waals surface area contributed by atoms with E-state index in [2.05, 4.69) is 40.9 Å². The highest BCUT2D eigenvalue weighted by atomic mass is 16.1. The lowest BCUT2D eigenvalue weighted by Gasteiger charge is -2.22. The third kappa shape index (κ3) is 4.47. The van der Waals surface area contributed by atoms with Gasteiger partial charge < -0.3 is 10.2 Å². The maximum atomic E-state index is 12.6. The molecule has 1 N–H and O–H groups in total. The molecular formula is C22H26N4O. The highest BCUT2D eigenvalue weighted by Crippen LogP contribution is 2.35. The van der Waals surface area contributed by atoms with Crippen LogP contribution in [0.15, 0.2) is 42.6 Å². The molecule has 2 aromatic rings. The van der Waals surface area contributed by atoms with Crippen LogP contribution in [0, 0.1) is 11.8 Å². The number of fused-ring (bicyclic) bond motifs is 2. The lowest BCUT2D eigenvalue weighted by molar-refractivity contribution is 0.102. The predicted octanol–water partition coefficient (Wildman–Crippen LogP) is 3.91. The summed E-state index contributed by atoms with van der Waals surface area (Å²) in [4.78, 5) is 21.5. The molecule has 1 amide bonds. The fourth-order valence-electron chi connectivity index (χ4n) is 3.28. The van der Waals surface area contributed by atoms with E-state index in [0.29, 0.717) is 17.8 Å². The summed E-state index contributed by atoms with van der Waals surface area (Å²) in [6.07, 6.45) is 4.00. The number of aromatic nitrogens is 1. The Morgan fingerprint density at radius 1 is 1.07 bits per heavy atom. The molecule has 0 saturated heterocycles. The molecule has 3 rings (SSSR count). The largest absolute Gasteiger partial charge is 0.319 e. The summed E-state index contributed by atoms with van der Waals surface area (Å²) in [5.74, 6) is 7.19. The van der Waals surface area contributed by atoms with Crippen LogP contribution in [0.3, 0.4) is 0 Å². The molecule has 0 aliphatic carbocycles. The van der Waals surface area contributed by atoms with Crippen molar-refractivity contribution in [2.24, 2.45) is 0 Å². The normalized spacial score (nSPS) is 12.6. The predicted molar refractivity (Wildman–Crippen MR) is 110 cm³/mol. The Balaban J connectivity index is 1.86. The summed E-state index contributed by atoms with van der Waals surface area (Å²) >= 11 is 0. The van der Waals surface area contributed by atoms with Crippen LogP contribution in [0.4, 0.5) is 17.2 Å². The Morgan fingerprint density at radius 2 is 1.85 bits per heavy atom. The van der Waals surface area contributed by atoms with E-state index >= 15 is 0 Å². The molecule has 1 aromatic heterocycles. The lowest BCUT2D eigenvalue weighted by atomic mass is 10.1. The second-order valence-electron chi connectivity index (χ2n) is 6.56. The van der Waals surface area contributed by atoms with Crippen molar-refractivity contribution in [1.29, 1.82) is 0 Å². The van der Waals surface area contributed by atoms with Gasteiger partial charge in [0.2, 0.25) is 0 Å². The summed E-state index contributed by atoms with van der Waals surface area (Å²) in [5.41, 5.74) is 2.18. The molecule has 5 nitrogen and oxygen atoms in total. The maximum Gasteiger partial charge on any atom is 0.257 e. The van der Waals surface area contributed by atoms with Crippen LogP contribution >= 0.6 is 0 Å². The molecule has 27 heavy (non-hydrogen) atoms. The van der Waals surface area contributed by atoms with E-state index in [4.69, 9.17) is 0 Å². The summed E-state index contributed by atoms with van der Waals surface area (Å²) < 4.78 is 0. The van der Waals surface area contributed by atoms with Gasteiger partial charge in [0.1, 0.15) is 0 Å². The average Bonchev–Trinajstić information content (AvgIpc) is 2.80. The highest BCUT2D eigenvalue weighted by molar-refractivity contribution is 6.12. The molecule has 5 heteroatoms. The number of nitrogens with zero attached hydrogens (tertiary/aromatic N) is 3. The first-order valence-electron chi connectivity index (χ1n) is 9.55. The van der Waals surface area contributed by atoms with E-state index in [-0.39, 0.29) is 5.91 Å². The number of anilines is 3. The summed E-state index contributed by atoms with van der Waals surface area (Å²) in [5, 5.41) is 2.95. The van der Waals surface area contributed by atoms with Crippen LogP contribution in [0.5, 0.6) is 0 Å². The smallest absolute Gasteiger partial charge is 0.257 e. The van der Waals surface area contributed by atoms with E-state index in [9.17, 15) is 4.79 Å². The van der Waals surface area contributed by atoms with Gasteiger partial charge >= 0.3 is 0 Å². The fraction of sp³-hybridized carbons (Fsp3) is 0.364. The molecule has 1 aliphatic heterocycles. The molecular weight excluding hydrogens is 336 g/mol. The molecule has 0 atom stereocenters. The van der Waals surface area contributed by atoms with Crippen LogP contribution in [0.1, 0.15) is 37.0 Å². The van der Waals surface area contributed by atoms with Gasteiger partial charge in [0.05, 0.1) is 30.0 Å². The van der Waals surface area contributed by atoms with Crippen LogP contribution in [0.25, 0.3) is 0 Å². The first kappa shape index (κ1) is 18.9. The molecule has 0 bridgehead atoms. The molecule has 0 fully saturated rings. The molecule has 0 spiro atoms. The minimum atomic E-state index is -0.118. The van der Waals surface area contributed by atoms with Gasteiger partial charge in [0.25, 0.3) is 5.91 Å². The van der Waals surface area contributed by atoms with Gasteiger partial charge in [-0.15, -0.1) is 0 Å². The Hall–Kier alpha value is -2.84. The molecule has 0 radical (unpaired) electrons. The van der Waals surface area contributed by atoms with Crippen molar-refractivity contribution in [2.75, 3.05) is 36.4 Å². The van der Waals surface area contributed by atoms with E-state index < -0.39 is 0 Å². The highest BCUT2D eigenvalue weighted by Gasteiger charge is 2.25. The lowest BCUT2D eigenvalue weighted by Crippen LogP contribution is -2.26. The molecule has 1 aliphatic rings. The van der Waals surface area contributed by atoms with Crippen molar-refractivity contribution in [3.8, 4) is 11.8 Å². The third-order valence-corrected chi connectivity index (χ3v) is 4.47. The number of hydrogen-bond acceptors (Lipinski definition) is 4. The van der Waals surface area contributed by atoms with Gasteiger partial charge in [0, 0.05) is 6.20 Å². The van der Waals surface area contributed by atoms with Crippen molar-refractivity contribution in [3.63, 3.8) is 0 Å². The number of carbonyl (C=O) groups excluding carboxylic acids is 1. The number of pyridine rings is 1. The quantitative estimate of drug-likeness (QED) is 0.792. The van der Waals surface area contributed by atoms with E-state index in [1.54, 1.807) is 6.20 Å². The Morgan fingerprint density at radius 3 is 2.63 bits per heavy atom. The van der Waals surface area contributed by atoms with Crippen molar-refractivity contribution in [1.82, 2.24) is 9.88 Å². The van der Waals surface area contributed by atoms with Gasteiger partial charge in [-0.05, 0) is 50.2 Å². The van der Waals surface area contributed by atoms with Crippen LogP contribution in [0.2, 0.25) is 0 Å². The number of para-hydroxylation sites is 1. The first-order valence-corrected chi connectivity index (χ1v) is 9.55. The maximum absolute atomic E-state index is 12.6. The van der Waals surface area contributed by atoms with Gasteiger partial charge in [-0.25, -0.2) is 4.98 Å². The fourth-order valence-corrected chi connectivity index (χ4v) is 3.28. The topological polar surface area (TPSA) is 48.5 Å². The second-order valence-corrected chi connectivity index (χ2v) is 6.56. The molecule has 0 unspecified atom stereocenters. The standard InChI is InChI=1S/C22H26N4O/c1-3-14-25(15-4-2)16-7-8-17-26-20-12-6-5-10-18(20)22(27)24-19-11-9-13-23-21(19)26/h5-6,9-13H,3-4,14-17H2,1-2H3,(H,24,27). The SMILES string of the molecule is CCCN(CC#CCN1c2ccccc2C(=O)Nc2cccnc21)CCC. The number of hydrogen-bond donors (Lipinski definition) is 1. The van der Waals surface area contributed by atoms with Gasteiger partial charge in [0.15, 0.2) is 5.82 Å². The summed E-state index contributed by atoms with van der Waals surface area (Å²) in [7, 11) is 0. The van der Waals surface area contributed by atoms with E-state index in [1.165, 1.54) is 0 Å².